The van der Waals surface area contributed by atoms with Crippen LogP contribution in [0.3, 0.4) is 0 Å². The monoisotopic (exact) mass is 405 g/mol. The van der Waals surface area contributed by atoms with Gasteiger partial charge in [0.05, 0.1) is 10.5 Å². The molecule has 1 aliphatic rings. The van der Waals surface area contributed by atoms with Crippen LogP contribution in [0.15, 0.2) is 40.4 Å². The van der Waals surface area contributed by atoms with E-state index in [-0.39, 0.29) is 22.2 Å². The van der Waals surface area contributed by atoms with Gasteiger partial charge in [0.15, 0.2) is 5.11 Å². The second-order valence-corrected chi connectivity index (χ2v) is 7.18. The molecule has 0 radical (unpaired) electrons. The molecule has 0 atom stereocenters. The maximum absolute atomic E-state index is 12.6. The van der Waals surface area contributed by atoms with Crippen molar-refractivity contribution >= 4 is 62.9 Å². The van der Waals surface area contributed by atoms with E-state index in [0.717, 1.165) is 11.3 Å². The Kier molecular flexibility index (Phi) is 5.07. The third-order valence-electron chi connectivity index (χ3n) is 3.59. The largest absolute Gasteiger partial charge is 0.331 e. The maximum atomic E-state index is 12.6. The first-order chi connectivity index (χ1) is 12.4. The van der Waals surface area contributed by atoms with Gasteiger partial charge in [-0.2, -0.15) is 11.3 Å². The van der Waals surface area contributed by atoms with E-state index in [2.05, 4.69) is 11.9 Å². The van der Waals surface area contributed by atoms with E-state index in [9.17, 15) is 19.7 Å². The number of carbonyl (C=O) groups excluding carboxylic acids is 2. The standard InChI is InChI=1S/C16H11N3O4S3/c1-2-4-18-14(21)11(13(20)17-16(18)24)6-9-7-25-8-12(9)10-3-5-26-15(10)19(22)23/h2-3,5-8H,1,4H2,(H,17,20,24). The molecule has 0 spiro atoms. The molecule has 10 heteroatoms. The topological polar surface area (TPSA) is 92.6 Å². The van der Waals surface area contributed by atoms with Crippen molar-refractivity contribution in [3.8, 4) is 11.1 Å². The average Bonchev–Trinajstić information content (AvgIpc) is 3.23. The lowest BCUT2D eigenvalue weighted by Crippen LogP contribution is -2.53. The van der Waals surface area contributed by atoms with Crippen LogP contribution < -0.4 is 5.32 Å². The smallest absolute Gasteiger partial charge is 0.298 e. The fourth-order valence-corrected chi connectivity index (χ4v) is 4.21. The quantitative estimate of drug-likeness (QED) is 0.206. The van der Waals surface area contributed by atoms with Crippen molar-refractivity contribution < 1.29 is 14.5 Å². The lowest BCUT2D eigenvalue weighted by atomic mass is 10.0. The Balaban J connectivity index is 2.04. The first kappa shape index (κ1) is 18.1. The molecule has 26 heavy (non-hydrogen) atoms. The molecule has 1 N–H and O–H groups in total. The molecule has 1 aliphatic heterocycles. The molecule has 3 heterocycles. The zero-order chi connectivity index (χ0) is 18.8. The Morgan fingerprint density at radius 1 is 1.35 bits per heavy atom. The zero-order valence-corrected chi connectivity index (χ0v) is 15.6. The molecule has 1 fully saturated rings. The zero-order valence-electron chi connectivity index (χ0n) is 13.1. The third-order valence-corrected chi connectivity index (χ3v) is 5.54. The molecule has 1 saturated heterocycles. The number of nitro groups is 1. The second-order valence-electron chi connectivity index (χ2n) is 5.16. The summed E-state index contributed by atoms with van der Waals surface area (Å²) in [6, 6.07) is 1.65. The normalized spacial score (nSPS) is 16.1. The first-order valence-corrected chi connectivity index (χ1v) is 9.45. The van der Waals surface area contributed by atoms with Crippen LogP contribution in [0, 0.1) is 10.1 Å². The number of thiocarbonyl (C=S) groups is 1. The van der Waals surface area contributed by atoms with Crippen LogP contribution >= 0.6 is 34.9 Å². The molecule has 2 aromatic heterocycles. The Bertz CT molecular complexity index is 973. The van der Waals surface area contributed by atoms with Crippen molar-refractivity contribution in [2.24, 2.45) is 0 Å². The van der Waals surface area contributed by atoms with E-state index in [4.69, 9.17) is 12.2 Å². The van der Waals surface area contributed by atoms with Gasteiger partial charge < -0.3 is 0 Å². The second kappa shape index (κ2) is 7.28. The van der Waals surface area contributed by atoms with Gasteiger partial charge in [-0.1, -0.05) is 17.4 Å². The minimum Gasteiger partial charge on any atom is -0.298 e. The summed E-state index contributed by atoms with van der Waals surface area (Å²) in [5.74, 6) is -1.13. The summed E-state index contributed by atoms with van der Waals surface area (Å²) in [6.45, 7) is 3.74. The first-order valence-electron chi connectivity index (χ1n) is 7.22. The van der Waals surface area contributed by atoms with Crippen LogP contribution in [0.2, 0.25) is 0 Å². The summed E-state index contributed by atoms with van der Waals surface area (Å²) in [7, 11) is 0. The van der Waals surface area contributed by atoms with E-state index in [1.54, 1.807) is 22.2 Å². The lowest BCUT2D eigenvalue weighted by Gasteiger charge is -2.27. The van der Waals surface area contributed by atoms with E-state index in [1.165, 1.54) is 28.4 Å². The number of amides is 2. The van der Waals surface area contributed by atoms with Crippen LogP contribution in [0.4, 0.5) is 5.00 Å². The Hall–Kier alpha value is -2.69. The number of carbonyl (C=O) groups is 2. The van der Waals surface area contributed by atoms with Crippen molar-refractivity contribution in [1.29, 1.82) is 0 Å². The van der Waals surface area contributed by atoms with Crippen LogP contribution in [-0.4, -0.2) is 33.3 Å². The number of nitrogens with one attached hydrogen (secondary N) is 1. The molecule has 0 aliphatic carbocycles. The van der Waals surface area contributed by atoms with Gasteiger partial charge in [-0.25, -0.2) is 0 Å². The summed E-state index contributed by atoms with van der Waals surface area (Å²) < 4.78 is 0. The SMILES string of the molecule is C=CCN1C(=O)C(=Cc2cscc2-c2ccsc2[N+](=O)[O-])C(=O)NC1=S. The molecule has 3 rings (SSSR count). The highest BCUT2D eigenvalue weighted by molar-refractivity contribution is 7.80. The summed E-state index contributed by atoms with van der Waals surface area (Å²) in [4.78, 5) is 36.8. The number of nitrogens with zero attached hydrogens (tertiary/aromatic N) is 2. The minimum atomic E-state index is -0.600. The van der Waals surface area contributed by atoms with Crippen molar-refractivity contribution in [1.82, 2.24) is 10.2 Å². The summed E-state index contributed by atoms with van der Waals surface area (Å²) >= 11 is 7.36. The van der Waals surface area contributed by atoms with Gasteiger partial charge in [-0.05, 0) is 46.1 Å². The van der Waals surface area contributed by atoms with Crippen molar-refractivity contribution in [2.75, 3.05) is 6.54 Å². The molecular weight excluding hydrogens is 394 g/mol. The van der Waals surface area contributed by atoms with E-state index < -0.39 is 16.7 Å². The number of hydrogen-bond acceptors (Lipinski definition) is 7. The van der Waals surface area contributed by atoms with Gasteiger partial charge in [-0.15, -0.1) is 6.58 Å². The molecule has 132 valence electrons. The molecule has 7 nitrogen and oxygen atoms in total. The fourth-order valence-electron chi connectivity index (χ4n) is 2.43. The summed E-state index contributed by atoms with van der Waals surface area (Å²) in [6.07, 6.45) is 2.94. The van der Waals surface area contributed by atoms with Gasteiger partial charge in [-0.3, -0.25) is 29.9 Å². The van der Waals surface area contributed by atoms with Crippen LogP contribution in [-0.2, 0) is 9.59 Å². The van der Waals surface area contributed by atoms with Crippen LogP contribution in [0.1, 0.15) is 5.56 Å². The van der Waals surface area contributed by atoms with Gasteiger partial charge in [0.2, 0.25) is 0 Å². The third kappa shape index (κ3) is 3.21. The highest BCUT2D eigenvalue weighted by Gasteiger charge is 2.33. The summed E-state index contributed by atoms with van der Waals surface area (Å²) in [5.41, 5.74) is 1.52. The van der Waals surface area contributed by atoms with Gasteiger partial charge >= 0.3 is 5.00 Å². The lowest BCUT2D eigenvalue weighted by molar-refractivity contribution is -0.379. The van der Waals surface area contributed by atoms with Crippen molar-refractivity contribution in [2.45, 2.75) is 0 Å². The molecule has 0 saturated carbocycles. The predicted octanol–water partition coefficient (Wildman–Crippen LogP) is 3.20. The Morgan fingerprint density at radius 3 is 2.81 bits per heavy atom. The highest BCUT2D eigenvalue weighted by Crippen LogP contribution is 2.39. The summed E-state index contributed by atoms with van der Waals surface area (Å²) in [5, 5.41) is 18.8. The molecule has 2 amide bonds. The number of rotatable bonds is 5. The van der Waals surface area contributed by atoms with Crippen molar-refractivity contribution in [3.63, 3.8) is 0 Å². The van der Waals surface area contributed by atoms with E-state index >= 15 is 0 Å². The fraction of sp³-hybridized carbons (Fsp3) is 0.0625. The molecule has 0 aromatic carbocycles. The molecule has 0 unspecified atom stereocenters. The Morgan fingerprint density at radius 2 is 2.12 bits per heavy atom. The number of thiophene rings is 2. The minimum absolute atomic E-state index is 0.0110. The van der Waals surface area contributed by atoms with Crippen LogP contribution in [0.5, 0.6) is 0 Å². The predicted molar refractivity (Wildman–Crippen MR) is 105 cm³/mol. The van der Waals surface area contributed by atoms with Gasteiger partial charge in [0.25, 0.3) is 11.8 Å². The number of hydrogen-bond donors (Lipinski definition) is 1. The highest BCUT2D eigenvalue weighted by atomic mass is 32.1. The van der Waals surface area contributed by atoms with Crippen LogP contribution in [0.25, 0.3) is 17.2 Å². The maximum Gasteiger partial charge on any atom is 0.331 e. The van der Waals surface area contributed by atoms with Crippen molar-refractivity contribution in [3.05, 3.63) is 56.1 Å². The molecular formula is C16H11N3O4S3. The molecule has 2 aromatic rings. The van der Waals surface area contributed by atoms with E-state index in [0.29, 0.717) is 16.7 Å². The van der Waals surface area contributed by atoms with Gasteiger partial charge in [0.1, 0.15) is 5.57 Å². The van der Waals surface area contributed by atoms with E-state index in [1.807, 2.05) is 0 Å². The Labute approximate surface area is 161 Å². The van der Waals surface area contributed by atoms with Gasteiger partial charge in [0, 0.05) is 12.1 Å². The average molecular weight is 405 g/mol. The molecule has 0 bridgehead atoms.